The molecular weight excluding hydrogens is 1340 g/mol. The van der Waals surface area contributed by atoms with Crippen molar-refractivity contribution in [2.24, 2.45) is 0 Å². The second kappa shape index (κ2) is 36.3. The Morgan fingerprint density at radius 1 is 0.472 bits per heavy atom. The topological polar surface area (TPSA) is 280 Å². The first-order valence-corrected chi connectivity index (χ1v) is 29.5. The zero-order chi connectivity index (χ0) is 66.2. The maximum absolute atomic E-state index is 12.7. The molecule has 1 atom stereocenters. The van der Waals surface area contributed by atoms with Crippen molar-refractivity contribution in [2.45, 2.75) is 65.7 Å². The summed E-state index contributed by atoms with van der Waals surface area (Å²) < 4.78 is 30.6. The lowest BCUT2D eigenvalue weighted by Gasteiger charge is -2.16. The smallest absolute Gasteiger partial charge is 0.326 e. The number of ketones is 2. The van der Waals surface area contributed by atoms with Gasteiger partial charge in [-0.25, -0.2) is 4.79 Å². The maximum Gasteiger partial charge on any atom is 0.326 e. The number of aromatic amines is 2. The standard InChI is InChI=1S/C16H15Cl2N3O2.C15H14Cl2N2O3.C13H10Cl2N2O3.C8H5Cl2N.C8H11ClN2O2/c1-4-12-14(20-16(23-3)21-15(12)22-2)13(8-19)9-5-10(17)7-11(18)6-9;1-4-11-12(18-15(22-3)19-14(11)21-2)13(20)8-5-9(16)7-10(17)6-8;1-2-9-10(16-13(20)17-12(9)19)11(18)6-3-7(14)5-8(15)4-6;9-7-3-6(1-2-11)4-8(10)5-7;1-4-5-6(9)10-8(13-3)11-7(5)12-2/h5-7,13H,4H2,1-3H3;5-7H,4H2,1-3H3;3-5H,2H2,1H3,(H2,16,17,19,20);3-5H,1H2;4H2,1-3H3. The molecular formula is C60H55Cl9N10O10. The monoisotopic (exact) mass is 1390 g/mol. The van der Waals surface area contributed by atoms with Gasteiger partial charge in [-0.2, -0.15) is 40.4 Å². The second-order valence-corrected chi connectivity index (χ2v) is 21.5. The zero-order valence-electron chi connectivity index (χ0n) is 49.1. The van der Waals surface area contributed by atoms with Gasteiger partial charge < -0.3 is 33.4 Å². The largest absolute Gasteiger partial charge is 0.481 e. The van der Waals surface area contributed by atoms with Gasteiger partial charge in [0, 0.05) is 68.0 Å². The SMILES string of the molecule is CCc1c(C(=O)c2cc(Cl)cc(Cl)c2)[nH]c(=O)[nH]c1=O.CCc1c(Cl)nc(OC)nc1OC.CCc1c(OC)nc(OC)nc1C(=O)c1cc(Cl)cc(Cl)c1.CCc1c(OC)nc(OC)nc1C(C#N)c1cc(Cl)cc(Cl)c1.N#CCc1cc(Cl)cc(Cl)c1. The molecule has 0 saturated carbocycles. The molecule has 8 aromatic rings. The van der Waals surface area contributed by atoms with Gasteiger partial charge in [-0.05, 0) is 110 Å². The van der Waals surface area contributed by atoms with Crippen LogP contribution in [0.25, 0.3) is 0 Å². The van der Waals surface area contributed by atoms with E-state index in [4.69, 9.17) is 138 Å². The van der Waals surface area contributed by atoms with E-state index in [0.717, 1.165) is 23.1 Å². The Morgan fingerprint density at radius 2 is 0.865 bits per heavy atom. The molecule has 0 aliphatic rings. The molecule has 20 nitrogen and oxygen atoms in total. The molecule has 0 spiro atoms. The number of ether oxygens (including phenoxy) is 6. The highest BCUT2D eigenvalue weighted by Crippen LogP contribution is 2.35. The minimum atomic E-state index is -0.733. The molecule has 0 radical (unpaired) electrons. The molecule has 0 aliphatic heterocycles. The fraction of sp³-hybridized carbons (Fsp3) is 0.267. The van der Waals surface area contributed by atoms with Crippen molar-refractivity contribution < 1.29 is 38.0 Å². The molecule has 468 valence electrons. The number of rotatable bonds is 17. The van der Waals surface area contributed by atoms with Crippen LogP contribution in [0.15, 0.2) is 82.4 Å². The van der Waals surface area contributed by atoms with Gasteiger partial charge in [0.15, 0.2) is 0 Å². The Kier molecular flexibility index (Phi) is 30.1. The summed E-state index contributed by atoms with van der Waals surface area (Å²) in [4.78, 5) is 77.3. The number of methoxy groups -OCH3 is 6. The van der Waals surface area contributed by atoms with Gasteiger partial charge in [0.1, 0.15) is 16.8 Å². The number of H-pyrrole nitrogens is 2. The number of hydrogen-bond donors (Lipinski definition) is 2. The highest BCUT2D eigenvalue weighted by molar-refractivity contribution is 6.37. The molecule has 0 saturated heterocycles. The van der Waals surface area contributed by atoms with E-state index >= 15 is 0 Å². The van der Waals surface area contributed by atoms with E-state index in [2.05, 4.69) is 45.9 Å². The number of hydrogen-bond acceptors (Lipinski definition) is 18. The summed E-state index contributed by atoms with van der Waals surface area (Å²) in [6, 6.07) is 23.8. The van der Waals surface area contributed by atoms with Crippen molar-refractivity contribution in [3.05, 3.63) is 201 Å². The minimum absolute atomic E-state index is 0.0421. The minimum Gasteiger partial charge on any atom is -0.481 e. The average molecular weight is 1400 g/mol. The van der Waals surface area contributed by atoms with Crippen LogP contribution >= 0.6 is 104 Å². The molecule has 1 unspecified atom stereocenters. The van der Waals surface area contributed by atoms with Crippen LogP contribution in [0.1, 0.15) is 105 Å². The van der Waals surface area contributed by atoms with Crippen LogP contribution in [0.3, 0.4) is 0 Å². The Morgan fingerprint density at radius 3 is 1.28 bits per heavy atom. The van der Waals surface area contributed by atoms with Crippen LogP contribution in [-0.4, -0.2) is 94.1 Å². The van der Waals surface area contributed by atoms with E-state index < -0.39 is 23.0 Å². The van der Waals surface area contributed by atoms with Crippen molar-refractivity contribution in [2.75, 3.05) is 42.7 Å². The Labute approximate surface area is 557 Å². The van der Waals surface area contributed by atoms with Crippen molar-refractivity contribution >= 4 is 116 Å². The van der Waals surface area contributed by atoms with E-state index in [1.165, 1.54) is 73.0 Å². The fourth-order valence-corrected chi connectivity index (χ4v) is 10.5. The predicted molar refractivity (Wildman–Crippen MR) is 345 cm³/mol. The molecule has 0 bridgehead atoms. The van der Waals surface area contributed by atoms with E-state index in [9.17, 15) is 24.4 Å². The van der Waals surface area contributed by atoms with E-state index in [-0.39, 0.29) is 46.3 Å². The van der Waals surface area contributed by atoms with Crippen molar-refractivity contribution in [3.63, 3.8) is 0 Å². The van der Waals surface area contributed by atoms with E-state index in [0.29, 0.717) is 111 Å². The predicted octanol–water partition coefficient (Wildman–Crippen LogP) is 14.5. The van der Waals surface area contributed by atoms with E-state index in [1.807, 2.05) is 26.8 Å². The number of carbonyl (C=O) groups excluding carboxylic acids is 2. The van der Waals surface area contributed by atoms with Gasteiger partial charge in [0.2, 0.25) is 29.2 Å². The van der Waals surface area contributed by atoms with Crippen LogP contribution in [-0.2, 0) is 32.1 Å². The molecule has 0 amide bonds. The van der Waals surface area contributed by atoms with Crippen LogP contribution in [0.2, 0.25) is 45.3 Å². The number of nitrogens with one attached hydrogen (secondary N) is 2. The third kappa shape index (κ3) is 21.1. The van der Waals surface area contributed by atoms with Crippen molar-refractivity contribution in [1.82, 2.24) is 39.9 Å². The number of aromatic nitrogens is 8. The van der Waals surface area contributed by atoms with Gasteiger partial charge in [-0.3, -0.25) is 19.4 Å². The van der Waals surface area contributed by atoms with Crippen LogP contribution in [0, 0.1) is 22.7 Å². The van der Waals surface area contributed by atoms with Crippen LogP contribution in [0.5, 0.6) is 35.7 Å². The maximum atomic E-state index is 12.7. The summed E-state index contributed by atoms with van der Waals surface area (Å²) >= 11 is 53.0. The third-order valence-electron chi connectivity index (χ3n) is 11.9. The Balaban J connectivity index is 0.000000243. The Hall–Kier alpha value is -7.47. The summed E-state index contributed by atoms with van der Waals surface area (Å²) in [5.74, 6) is -0.311. The van der Waals surface area contributed by atoms with Crippen LogP contribution in [0.4, 0.5) is 0 Å². The highest BCUT2D eigenvalue weighted by Gasteiger charge is 2.26. The van der Waals surface area contributed by atoms with Gasteiger partial charge in [0.05, 0.1) is 78.2 Å². The molecule has 4 heterocycles. The molecule has 29 heteroatoms. The number of benzene rings is 4. The van der Waals surface area contributed by atoms with Gasteiger partial charge >= 0.3 is 23.7 Å². The Bertz CT molecular complexity index is 3950. The average Bonchev–Trinajstić information content (AvgIpc) is 2.10. The van der Waals surface area contributed by atoms with Gasteiger partial charge in [0.25, 0.3) is 5.56 Å². The van der Waals surface area contributed by atoms with Gasteiger partial charge in [-0.1, -0.05) is 132 Å². The second-order valence-electron chi connectivity index (χ2n) is 17.6. The number of carbonyl (C=O) groups is 2. The number of nitrogens with zero attached hydrogens (tertiary/aromatic N) is 8. The van der Waals surface area contributed by atoms with Crippen molar-refractivity contribution in [1.29, 1.82) is 10.5 Å². The normalized spacial score (nSPS) is 10.5. The highest BCUT2D eigenvalue weighted by atomic mass is 35.5. The van der Waals surface area contributed by atoms with Crippen molar-refractivity contribution in [3.8, 4) is 47.8 Å². The molecule has 0 aliphatic carbocycles. The molecule has 8 rings (SSSR count). The number of halogens is 9. The summed E-state index contributed by atoms with van der Waals surface area (Å²) in [5, 5.41) is 21.8. The quantitative estimate of drug-likeness (QED) is 0.0633. The summed E-state index contributed by atoms with van der Waals surface area (Å²) in [6.45, 7) is 7.50. The first kappa shape index (κ1) is 74.0. The van der Waals surface area contributed by atoms with Gasteiger partial charge in [-0.15, -0.1) is 0 Å². The molecule has 0 fully saturated rings. The van der Waals surface area contributed by atoms with Crippen LogP contribution < -0.4 is 39.7 Å². The first-order valence-electron chi connectivity index (χ1n) is 26.1. The molecule has 4 aromatic carbocycles. The zero-order valence-corrected chi connectivity index (χ0v) is 55.9. The van der Waals surface area contributed by atoms with E-state index in [1.54, 1.807) is 49.4 Å². The summed E-state index contributed by atoms with van der Waals surface area (Å²) in [5.41, 5.74) is 3.80. The molecule has 89 heavy (non-hydrogen) atoms. The third-order valence-corrected chi connectivity index (χ3v) is 14.0. The lowest BCUT2D eigenvalue weighted by Crippen LogP contribution is -2.30. The lowest BCUT2D eigenvalue weighted by molar-refractivity contribution is 0.102. The summed E-state index contributed by atoms with van der Waals surface area (Å²) in [6.07, 6.45) is 2.52. The fourth-order valence-electron chi connectivity index (χ4n) is 8.01. The first-order chi connectivity index (χ1) is 42.4. The lowest BCUT2D eigenvalue weighted by atomic mass is 9.93. The summed E-state index contributed by atoms with van der Waals surface area (Å²) in [7, 11) is 8.90. The molecule has 4 aromatic heterocycles. The molecule has 2 N–H and O–H groups in total. The number of nitriles is 2.